The molecule has 0 aliphatic rings. The number of anilines is 1. The van der Waals surface area contributed by atoms with E-state index in [1.807, 2.05) is 0 Å². The lowest BCUT2D eigenvalue weighted by Gasteiger charge is -2.14. The van der Waals surface area contributed by atoms with E-state index in [0.717, 1.165) is 6.07 Å². The number of alkyl halides is 3. The quantitative estimate of drug-likeness (QED) is 0.386. The van der Waals surface area contributed by atoms with Crippen molar-refractivity contribution in [2.45, 2.75) is 25.7 Å². The van der Waals surface area contributed by atoms with E-state index < -0.39 is 46.9 Å². The Kier molecular flexibility index (Phi) is 6.80. The van der Waals surface area contributed by atoms with Crippen LogP contribution in [0.2, 0.25) is 0 Å². The minimum absolute atomic E-state index is 0.0870. The maximum absolute atomic E-state index is 12.7. The number of hydrogen-bond acceptors (Lipinski definition) is 7. The first-order chi connectivity index (χ1) is 13.6. The van der Waals surface area contributed by atoms with Crippen LogP contribution in [0.5, 0.6) is 0 Å². The minimum Gasteiger partial charge on any atom is -0.467 e. The molecule has 0 spiro atoms. The number of esters is 1. The summed E-state index contributed by atoms with van der Waals surface area (Å²) in [6.45, 7) is 0.807. The van der Waals surface area contributed by atoms with E-state index in [2.05, 4.69) is 10.6 Å². The van der Waals surface area contributed by atoms with Crippen LogP contribution in [-0.2, 0) is 27.0 Å². The van der Waals surface area contributed by atoms with Gasteiger partial charge in [0.2, 0.25) is 0 Å². The lowest BCUT2D eigenvalue weighted by Crippen LogP contribution is -2.36. The summed E-state index contributed by atoms with van der Waals surface area (Å²) in [6.07, 6.45) is -4.49. The molecule has 0 fully saturated rings. The maximum atomic E-state index is 12.7. The van der Waals surface area contributed by atoms with Crippen LogP contribution in [0, 0.1) is 10.1 Å². The molecule has 0 saturated carbocycles. The number of carbonyl (C=O) groups excluding carboxylic acids is 2. The Bertz CT molecular complexity index is 883. The van der Waals surface area contributed by atoms with Crippen molar-refractivity contribution in [2.75, 3.05) is 11.9 Å². The molecule has 29 heavy (non-hydrogen) atoms. The van der Waals surface area contributed by atoms with Crippen LogP contribution in [0.3, 0.4) is 0 Å². The van der Waals surface area contributed by atoms with E-state index in [-0.39, 0.29) is 12.2 Å². The molecule has 1 aromatic carbocycles. The van der Waals surface area contributed by atoms with Gasteiger partial charge in [-0.1, -0.05) is 0 Å². The number of halogens is 3. The number of amides is 1. The predicted octanol–water partition coefficient (Wildman–Crippen LogP) is 2.87. The van der Waals surface area contributed by atoms with Gasteiger partial charge in [0.1, 0.15) is 18.0 Å². The second kappa shape index (κ2) is 9.08. The molecule has 2 rings (SSSR count). The summed E-state index contributed by atoms with van der Waals surface area (Å²) < 4.78 is 48.0. The Labute approximate surface area is 162 Å². The van der Waals surface area contributed by atoms with Crippen LogP contribution in [0.4, 0.5) is 24.5 Å². The summed E-state index contributed by atoms with van der Waals surface area (Å²) in [6, 6.07) is 5.12. The SMILES string of the molecule is C[C@@H](OC(=O)CNc1ccc(C(F)(F)F)cc1[N+](=O)[O-])C(=O)NCc1ccco1. The summed E-state index contributed by atoms with van der Waals surface area (Å²) in [5, 5.41) is 15.8. The second-order valence-electron chi connectivity index (χ2n) is 5.77. The van der Waals surface area contributed by atoms with Crippen LogP contribution in [0.25, 0.3) is 0 Å². The van der Waals surface area contributed by atoms with Gasteiger partial charge in [-0.3, -0.25) is 19.7 Å². The Morgan fingerprint density at radius 1 is 1.31 bits per heavy atom. The number of furan rings is 1. The second-order valence-corrected chi connectivity index (χ2v) is 5.77. The molecule has 0 unspecified atom stereocenters. The third kappa shape index (κ3) is 6.23. The molecule has 0 aliphatic carbocycles. The lowest BCUT2D eigenvalue weighted by atomic mass is 10.1. The predicted molar refractivity (Wildman–Crippen MR) is 92.7 cm³/mol. The van der Waals surface area contributed by atoms with Crippen LogP contribution >= 0.6 is 0 Å². The number of nitro benzene ring substituents is 1. The molecule has 9 nitrogen and oxygen atoms in total. The van der Waals surface area contributed by atoms with Crippen molar-refractivity contribution in [1.82, 2.24) is 5.32 Å². The molecule has 1 aromatic heterocycles. The number of benzene rings is 1. The van der Waals surface area contributed by atoms with Crippen molar-refractivity contribution in [3.8, 4) is 0 Å². The van der Waals surface area contributed by atoms with Gasteiger partial charge in [0.15, 0.2) is 6.10 Å². The molecule has 0 saturated heterocycles. The van der Waals surface area contributed by atoms with Gasteiger partial charge >= 0.3 is 12.1 Å². The smallest absolute Gasteiger partial charge is 0.416 e. The third-order valence-corrected chi connectivity index (χ3v) is 3.64. The van der Waals surface area contributed by atoms with Crippen LogP contribution in [-0.4, -0.2) is 29.4 Å². The first-order valence-electron chi connectivity index (χ1n) is 8.17. The number of nitro groups is 1. The Morgan fingerprint density at radius 2 is 2.03 bits per heavy atom. The maximum Gasteiger partial charge on any atom is 0.416 e. The fourth-order valence-electron chi connectivity index (χ4n) is 2.20. The van der Waals surface area contributed by atoms with Gasteiger partial charge in [0.05, 0.1) is 23.3 Å². The summed E-state index contributed by atoms with van der Waals surface area (Å²) in [7, 11) is 0. The number of rotatable bonds is 8. The molecule has 0 radical (unpaired) electrons. The van der Waals surface area contributed by atoms with E-state index >= 15 is 0 Å². The highest BCUT2D eigenvalue weighted by Crippen LogP contribution is 2.34. The Balaban J connectivity index is 1.91. The normalized spacial score (nSPS) is 12.1. The average Bonchev–Trinajstić information content (AvgIpc) is 3.16. The third-order valence-electron chi connectivity index (χ3n) is 3.64. The molecule has 1 atom stereocenters. The highest BCUT2D eigenvalue weighted by Gasteiger charge is 2.33. The zero-order valence-electron chi connectivity index (χ0n) is 15.0. The van der Waals surface area contributed by atoms with E-state index in [1.165, 1.54) is 13.2 Å². The molecule has 0 bridgehead atoms. The first-order valence-corrected chi connectivity index (χ1v) is 8.17. The fourth-order valence-corrected chi connectivity index (χ4v) is 2.20. The summed E-state index contributed by atoms with van der Waals surface area (Å²) in [5.41, 5.74) is -2.34. The Hall–Kier alpha value is -3.57. The number of hydrogen-bond donors (Lipinski definition) is 2. The molecule has 2 aromatic rings. The van der Waals surface area contributed by atoms with Crippen molar-refractivity contribution in [3.63, 3.8) is 0 Å². The standard InChI is InChI=1S/C17H16F3N3O6/c1-10(16(25)22-8-12-3-2-6-28-12)29-15(24)9-21-13-5-4-11(17(18,19)20)7-14(13)23(26)27/h2-7,10,21H,8-9H2,1H3,(H,22,25)/t10-/m1/s1. The molecule has 2 N–H and O–H groups in total. The molecule has 1 amide bonds. The van der Waals surface area contributed by atoms with E-state index in [0.29, 0.717) is 17.9 Å². The average molecular weight is 415 g/mol. The number of nitrogens with one attached hydrogen (secondary N) is 2. The van der Waals surface area contributed by atoms with Crippen LogP contribution in [0.1, 0.15) is 18.2 Å². The van der Waals surface area contributed by atoms with Gasteiger partial charge in [-0.25, -0.2) is 0 Å². The summed E-state index contributed by atoms with van der Waals surface area (Å²) in [5.74, 6) is -1.04. The minimum atomic E-state index is -4.75. The summed E-state index contributed by atoms with van der Waals surface area (Å²) >= 11 is 0. The molecule has 0 aliphatic heterocycles. The first kappa shape index (κ1) is 21.7. The molecular formula is C17H16F3N3O6. The highest BCUT2D eigenvalue weighted by molar-refractivity contribution is 5.84. The fraction of sp³-hybridized carbons (Fsp3) is 0.294. The van der Waals surface area contributed by atoms with Crippen molar-refractivity contribution in [2.24, 2.45) is 0 Å². The van der Waals surface area contributed by atoms with Crippen LogP contribution < -0.4 is 10.6 Å². The van der Waals surface area contributed by atoms with Crippen molar-refractivity contribution >= 4 is 23.3 Å². The molecule has 156 valence electrons. The number of carbonyl (C=O) groups is 2. The van der Waals surface area contributed by atoms with Crippen molar-refractivity contribution in [1.29, 1.82) is 0 Å². The van der Waals surface area contributed by atoms with E-state index in [9.17, 15) is 32.9 Å². The number of ether oxygens (including phenoxy) is 1. The molecule has 12 heteroatoms. The van der Waals surface area contributed by atoms with E-state index in [4.69, 9.17) is 9.15 Å². The zero-order valence-corrected chi connectivity index (χ0v) is 15.0. The van der Waals surface area contributed by atoms with Gasteiger partial charge < -0.3 is 19.8 Å². The highest BCUT2D eigenvalue weighted by atomic mass is 19.4. The summed E-state index contributed by atoms with van der Waals surface area (Å²) in [4.78, 5) is 33.7. The van der Waals surface area contributed by atoms with Gasteiger partial charge in [-0.05, 0) is 31.2 Å². The van der Waals surface area contributed by atoms with Crippen molar-refractivity contribution < 1.29 is 36.8 Å². The molecular weight excluding hydrogens is 399 g/mol. The van der Waals surface area contributed by atoms with Gasteiger partial charge in [0.25, 0.3) is 11.6 Å². The zero-order chi connectivity index (χ0) is 21.6. The topological polar surface area (TPSA) is 124 Å². The number of nitrogens with zero attached hydrogens (tertiary/aromatic N) is 1. The largest absolute Gasteiger partial charge is 0.467 e. The van der Waals surface area contributed by atoms with Gasteiger partial charge in [0, 0.05) is 6.07 Å². The van der Waals surface area contributed by atoms with E-state index in [1.54, 1.807) is 12.1 Å². The van der Waals surface area contributed by atoms with Crippen molar-refractivity contribution in [3.05, 3.63) is 58.0 Å². The Morgan fingerprint density at radius 3 is 2.62 bits per heavy atom. The van der Waals surface area contributed by atoms with Gasteiger partial charge in [-0.2, -0.15) is 13.2 Å². The molecule has 1 heterocycles. The van der Waals surface area contributed by atoms with Crippen LogP contribution in [0.15, 0.2) is 41.0 Å². The lowest BCUT2D eigenvalue weighted by molar-refractivity contribution is -0.384. The monoisotopic (exact) mass is 415 g/mol. The van der Waals surface area contributed by atoms with Gasteiger partial charge in [-0.15, -0.1) is 0 Å².